The minimum Gasteiger partial charge on any atom is -0.469 e. The fraction of sp³-hybridized carbons (Fsp3) is 0.600. The minimum atomic E-state index is 0.537. The second-order valence-electron chi connectivity index (χ2n) is 3.34. The number of rotatable bonds is 4. The quantitative estimate of drug-likeness (QED) is 0.742. The van der Waals surface area contributed by atoms with Gasteiger partial charge in [0, 0.05) is 12.5 Å². The van der Waals surface area contributed by atoms with Crippen LogP contribution < -0.4 is 5.32 Å². The van der Waals surface area contributed by atoms with Gasteiger partial charge in [-0.2, -0.15) is 0 Å². The monoisotopic (exact) mass is 167 g/mol. The van der Waals surface area contributed by atoms with E-state index >= 15 is 0 Å². The predicted octanol–water partition coefficient (Wildman–Crippen LogP) is 2.07. The second kappa shape index (κ2) is 4.31. The van der Waals surface area contributed by atoms with Crippen molar-refractivity contribution in [1.29, 1.82) is 0 Å². The van der Waals surface area contributed by atoms with Gasteiger partial charge in [-0.15, -0.1) is 0 Å². The molecule has 1 aromatic heterocycles. The Bertz CT molecular complexity index is 206. The van der Waals surface area contributed by atoms with Gasteiger partial charge in [-0.3, -0.25) is 0 Å². The van der Waals surface area contributed by atoms with E-state index in [1.165, 1.54) is 0 Å². The first-order valence-electron chi connectivity index (χ1n) is 4.43. The summed E-state index contributed by atoms with van der Waals surface area (Å²) in [7, 11) is 1.99. The molecule has 1 heterocycles. The van der Waals surface area contributed by atoms with Crippen molar-refractivity contribution in [3.8, 4) is 0 Å². The molecule has 2 atom stereocenters. The molecule has 2 heteroatoms. The maximum atomic E-state index is 5.27. The van der Waals surface area contributed by atoms with Gasteiger partial charge in [0.25, 0.3) is 0 Å². The molecule has 2 unspecified atom stereocenters. The number of furan rings is 1. The van der Waals surface area contributed by atoms with Crippen LogP contribution in [0, 0.1) is 5.92 Å². The van der Waals surface area contributed by atoms with Gasteiger partial charge in [-0.05, 0) is 32.0 Å². The molecule has 0 aliphatic heterocycles. The summed E-state index contributed by atoms with van der Waals surface area (Å²) in [5, 5.41) is 3.24. The Morgan fingerprint density at radius 3 is 2.75 bits per heavy atom. The molecule has 12 heavy (non-hydrogen) atoms. The van der Waals surface area contributed by atoms with Crippen molar-refractivity contribution >= 4 is 0 Å². The van der Waals surface area contributed by atoms with Crippen LogP contribution >= 0.6 is 0 Å². The molecular weight excluding hydrogens is 150 g/mol. The molecular formula is C10H17NO. The fourth-order valence-electron chi connectivity index (χ4n) is 1.21. The van der Waals surface area contributed by atoms with Gasteiger partial charge in [0.15, 0.2) is 0 Å². The highest BCUT2D eigenvalue weighted by molar-refractivity contribution is 4.99. The third kappa shape index (κ3) is 2.38. The number of hydrogen-bond donors (Lipinski definition) is 1. The van der Waals surface area contributed by atoms with E-state index in [1.54, 1.807) is 6.26 Å². The lowest BCUT2D eigenvalue weighted by molar-refractivity contribution is 0.385. The number of hydrogen-bond acceptors (Lipinski definition) is 2. The molecule has 0 aliphatic carbocycles. The Hall–Kier alpha value is -0.760. The average molecular weight is 167 g/mol. The van der Waals surface area contributed by atoms with Crippen molar-refractivity contribution in [2.75, 3.05) is 7.05 Å². The zero-order valence-corrected chi connectivity index (χ0v) is 8.00. The molecule has 1 rings (SSSR count). The molecule has 0 saturated heterocycles. The minimum absolute atomic E-state index is 0.537. The van der Waals surface area contributed by atoms with E-state index in [0.717, 1.165) is 12.2 Å². The predicted molar refractivity (Wildman–Crippen MR) is 50.1 cm³/mol. The Labute approximate surface area is 74.0 Å². The molecule has 0 fully saturated rings. The molecule has 0 radical (unpaired) electrons. The molecule has 68 valence electrons. The van der Waals surface area contributed by atoms with Crippen LogP contribution in [0.3, 0.4) is 0 Å². The summed E-state index contributed by atoms with van der Waals surface area (Å²) >= 11 is 0. The molecule has 1 N–H and O–H groups in total. The molecule has 2 nitrogen and oxygen atoms in total. The third-order valence-electron chi connectivity index (χ3n) is 2.41. The normalized spacial score (nSPS) is 15.9. The topological polar surface area (TPSA) is 25.2 Å². The van der Waals surface area contributed by atoms with Crippen molar-refractivity contribution < 1.29 is 4.42 Å². The van der Waals surface area contributed by atoms with Crippen LogP contribution in [0.1, 0.15) is 19.6 Å². The standard InChI is InChI=1S/C10H17NO/c1-8(9(2)11-3)7-10-5-4-6-12-10/h4-6,8-9,11H,7H2,1-3H3. The van der Waals surface area contributed by atoms with Gasteiger partial charge in [0.2, 0.25) is 0 Å². The van der Waals surface area contributed by atoms with Crippen molar-refractivity contribution in [2.45, 2.75) is 26.3 Å². The van der Waals surface area contributed by atoms with Gasteiger partial charge in [-0.1, -0.05) is 6.92 Å². The van der Waals surface area contributed by atoms with Crippen molar-refractivity contribution in [3.05, 3.63) is 24.2 Å². The van der Waals surface area contributed by atoms with Gasteiger partial charge >= 0.3 is 0 Å². The fourth-order valence-corrected chi connectivity index (χ4v) is 1.21. The summed E-state index contributed by atoms with van der Waals surface area (Å²) in [4.78, 5) is 0. The van der Waals surface area contributed by atoms with E-state index in [-0.39, 0.29) is 0 Å². The highest BCUT2D eigenvalue weighted by Crippen LogP contribution is 2.11. The largest absolute Gasteiger partial charge is 0.469 e. The molecule has 0 amide bonds. The van der Waals surface area contributed by atoms with Crippen molar-refractivity contribution in [3.63, 3.8) is 0 Å². The summed E-state index contributed by atoms with van der Waals surface area (Å²) in [6, 6.07) is 4.50. The molecule has 0 saturated carbocycles. The van der Waals surface area contributed by atoms with Crippen LogP contribution in [0.2, 0.25) is 0 Å². The van der Waals surface area contributed by atoms with Crippen LogP contribution in [-0.4, -0.2) is 13.1 Å². The summed E-state index contributed by atoms with van der Waals surface area (Å²) in [6.45, 7) is 4.41. The van der Waals surface area contributed by atoms with Crippen LogP contribution in [0.15, 0.2) is 22.8 Å². The first kappa shape index (κ1) is 9.33. The zero-order valence-electron chi connectivity index (χ0n) is 8.00. The van der Waals surface area contributed by atoms with Crippen LogP contribution in [0.25, 0.3) is 0 Å². The van der Waals surface area contributed by atoms with E-state index in [2.05, 4.69) is 19.2 Å². The molecule has 0 spiro atoms. The Kier molecular flexibility index (Phi) is 3.35. The zero-order chi connectivity index (χ0) is 8.97. The summed E-state index contributed by atoms with van der Waals surface area (Å²) in [5.41, 5.74) is 0. The maximum absolute atomic E-state index is 5.27. The first-order chi connectivity index (χ1) is 5.74. The van der Waals surface area contributed by atoms with E-state index in [4.69, 9.17) is 4.42 Å². The van der Waals surface area contributed by atoms with E-state index in [1.807, 2.05) is 19.2 Å². The number of nitrogens with one attached hydrogen (secondary N) is 1. The van der Waals surface area contributed by atoms with E-state index in [9.17, 15) is 0 Å². The lowest BCUT2D eigenvalue weighted by Crippen LogP contribution is -2.29. The summed E-state index contributed by atoms with van der Waals surface area (Å²) in [5.74, 6) is 1.69. The molecule has 1 aromatic rings. The maximum Gasteiger partial charge on any atom is 0.104 e. The van der Waals surface area contributed by atoms with Gasteiger partial charge < -0.3 is 9.73 Å². The Balaban J connectivity index is 2.41. The Morgan fingerprint density at radius 1 is 1.50 bits per heavy atom. The van der Waals surface area contributed by atoms with Crippen LogP contribution in [0.5, 0.6) is 0 Å². The van der Waals surface area contributed by atoms with Gasteiger partial charge in [-0.25, -0.2) is 0 Å². The average Bonchev–Trinajstić information content (AvgIpc) is 2.55. The highest BCUT2D eigenvalue weighted by Gasteiger charge is 2.11. The van der Waals surface area contributed by atoms with Crippen molar-refractivity contribution in [1.82, 2.24) is 5.32 Å². The second-order valence-corrected chi connectivity index (χ2v) is 3.34. The smallest absolute Gasteiger partial charge is 0.104 e. The molecule has 0 bridgehead atoms. The lowest BCUT2D eigenvalue weighted by atomic mass is 9.99. The lowest BCUT2D eigenvalue weighted by Gasteiger charge is -2.17. The third-order valence-corrected chi connectivity index (χ3v) is 2.41. The van der Waals surface area contributed by atoms with Gasteiger partial charge in [0.05, 0.1) is 6.26 Å². The Morgan fingerprint density at radius 2 is 2.25 bits per heavy atom. The first-order valence-corrected chi connectivity index (χ1v) is 4.43. The summed E-state index contributed by atoms with van der Waals surface area (Å²) in [6.07, 6.45) is 2.74. The molecule has 0 aromatic carbocycles. The van der Waals surface area contributed by atoms with Crippen LogP contribution in [-0.2, 0) is 6.42 Å². The van der Waals surface area contributed by atoms with Gasteiger partial charge in [0.1, 0.15) is 5.76 Å². The van der Waals surface area contributed by atoms with E-state index < -0.39 is 0 Å². The SMILES string of the molecule is CNC(C)C(C)Cc1ccco1. The van der Waals surface area contributed by atoms with Crippen molar-refractivity contribution in [2.24, 2.45) is 5.92 Å². The van der Waals surface area contributed by atoms with Crippen LogP contribution in [0.4, 0.5) is 0 Å². The highest BCUT2D eigenvalue weighted by atomic mass is 16.3. The molecule has 0 aliphatic rings. The summed E-state index contributed by atoms with van der Waals surface area (Å²) < 4.78 is 5.27. The van der Waals surface area contributed by atoms with E-state index in [0.29, 0.717) is 12.0 Å².